The highest BCUT2D eigenvalue weighted by molar-refractivity contribution is 9.10. The number of sulfone groups is 1. The molecular formula is C16H9BrF3NO4S. The summed E-state index contributed by atoms with van der Waals surface area (Å²) in [6, 6.07) is 6.48. The molecule has 2 rings (SSSR count). The van der Waals surface area contributed by atoms with Crippen LogP contribution in [0.15, 0.2) is 50.7 Å². The smallest absolute Gasteiger partial charge is 0.416 e. The highest BCUT2D eigenvalue weighted by Gasteiger charge is 2.31. The topological polar surface area (TPSA) is 98.4 Å². The van der Waals surface area contributed by atoms with E-state index in [0.29, 0.717) is 12.1 Å². The summed E-state index contributed by atoms with van der Waals surface area (Å²) in [6.45, 7) is 0. The van der Waals surface area contributed by atoms with Crippen molar-refractivity contribution in [2.75, 3.05) is 0 Å². The van der Waals surface area contributed by atoms with Gasteiger partial charge in [0.15, 0.2) is 11.5 Å². The molecular weight excluding hydrogens is 439 g/mol. The minimum absolute atomic E-state index is 0.0629. The van der Waals surface area contributed by atoms with Crippen LogP contribution in [0.1, 0.15) is 11.1 Å². The fourth-order valence-corrected chi connectivity index (χ4v) is 3.59. The molecule has 0 aliphatic carbocycles. The average molecular weight is 448 g/mol. The number of aromatic hydroxyl groups is 2. The first-order valence-electron chi connectivity index (χ1n) is 6.72. The summed E-state index contributed by atoms with van der Waals surface area (Å²) in [5.74, 6) is -1.01. The minimum atomic E-state index is -4.62. The first kappa shape index (κ1) is 19.8. The summed E-state index contributed by atoms with van der Waals surface area (Å²) in [5, 5.41) is 28.2. The van der Waals surface area contributed by atoms with Gasteiger partial charge in [-0.05, 0) is 64.0 Å². The van der Waals surface area contributed by atoms with Gasteiger partial charge in [-0.2, -0.15) is 18.4 Å². The Kier molecular flexibility index (Phi) is 5.34. The molecule has 2 aromatic carbocycles. The molecule has 10 heteroatoms. The number of phenolic OH excluding ortho intramolecular Hbond substituents is 2. The van der Waals surface area contributed by atoms with Crippen LogP contribution in [0.2, 0.25) is 0 Å². The molecule has 0 radical (unpaired) electrons. The van der Waals surface area contributed by atoms with Crippen LogP contribution < -0.4 is 0 Å². The van der Waals surface area contributed by atoms with Crippen molar-refractivity contribution in [3.63, 3.8) is 0 Å². The zero-order chi connectivity index (χ0) is 19.7. The lowest BCUT2D eigenvalue weighted by Crippen LogP contribution is -2.07. The Labute approximate surface area is 154 Å². The molecule has 136 valence electrons. The fourth-order valence-electron chi connectivity index (χ4n) is 1.96. The van der Waals surface area contributed by atoms with E-state index in [-0.39, 0.29) is 10.0 Å². The Bertz CT molecular complexity index is 1000. The summed E-state index contributed by atoms with van der Waals surface area (Å²) in [6.07, 6.45) is -3.69. The van der Waals surface area contributed by atoms with Gasteiger partial charge in [0.1, 0.15) is 11.0 Å². The molecule has 0 amide bonds. The number of nitriles is 1. The Balaban J connectivity index is 2.51. The molecule has 0 aliphatic rings. The maximum Gasteiger partial charge on any atom is 0.416 e. The highest BCUT2D eigenvalue weighted by Crippen LogP contribution is 2.35. The van der Waals surface area contributed by atoms with Crippen molar-refractivity contribution in [3.8, 4) is 17.6 Å². The minimum Gasteiger partial charge on any atom is -0.504 e. The molecule has 0 spiro atoms. The van der Waals surface area contributed by atoms with E-state index < -0.39 is 42.9 Å². The van der Waals surface area contributed by atoms with Gasteiger partial charge in [-0.15, -0.1) is 0 Å². The van der Waals surface area contributed by atoms with Crippen LogP contribution in [0.4, 0.5) is 13.2 Å². The summed E-state index contributed by atoms with van der Waals surface area (Å²) in [7, 11) is -4.37. The van der Waals surface area contributed by atoms with Gasteiger partial charge in [0.25, 0.3) is 0 Å². The molecule has 0 heterocycles. The lowest BCUT2D eigenvalue weighted by molar-refractivity contribution is -0.137. The molecule has 2 N–H and O–H groups in total. The average Bonchev–Trinajstić information content (AvgIpc) is 2.56. The molecule has 0 unspecified atom stereocenters. The second-order valence-corrected chi connectivity index (χ2v) is 7.79. The van der Waals surface area contributed by atoms with Crippen LogP contribution in [-0.4, -0.2) is 18.6 Å². The molecule has 0 aromatic heterocycles. The number of benzene rings is 2. The molecule has 0 fully saturated rings. The van der Waals surface area contributed by atoms with Crippen molar-refractivity contribution in [2.45, 2.75) is 11.1 Å². The summed E-state index contributed by atoms with van der Waals surface area (Å²) < 4.78 is 62.7. The van der Waals surface area contributed by atoms with E-state index >= 15 is 0 Å². The van der Waals surface area contributed by atoms with Crippen molar-refractivity contribution < 1.29 is 31.8 Å². The molecule has 2 aromatic rings. The normalized spacial score (nSPS) is 12.7. The molecule has 0 atom stereocenters. The van der Waals surface area contributed by atoms with E-state index in [1.54, 1.807) is 0 Å². The van der Waals surface area contributed by atoms with Crippen molar-refractivity contribution in [3.05, 3.63) is 56.9 Å². The number of rotatable bonds is 3. The maximum absolute atomic E-state index is 12.6. The van der Waals surface area contributed by atoms with Crippen molar-refractivity contribution >= 4 is 31.8 Å². The van der Waals surface area contributed by atoms with Gasteiger partial charge < -0.3 is 10.2 Å². The number of alkyl halides is 3. The van der Waals surface area contributed by atoms with Gasteiger partial charge in [-0.1, -0.05) is 0 Å². The predicted molar refractivity (Wildman–Crippen MR) is 89.7 cm³/mol. The SMILES string of the molecule is N#CC(=Cc1cc(O)c(O)c(Br)c1)S(=O)(=O)c1ccc(C(F)(F)F)cc1. The first-order valence-corrected chi connectivity index (χ1v) is 9.00. The van der Waals surface area contributed by atoms with Crippen LogP contribution >= 0.6 is 15.9 Å². The molecule has 0 saturated carbocycles. The van der Waals surface area contributed by atoms with Gasteiger partial charge >= 0.3 is 6.18 Å². The zero-order valence-corrected chi connectivity index (χ0v) is 15.0. The molecule has 0 bridgehead atoms. The quantitative estimate of drug-likeness (QED) is 0.542. The molecule has 0 saturated heterocycles. The van der Waals surface area contributed by atoms with E-state index in [1.807, 2.05) is 0 Å². The second-order valence-electron chi connectivity index (χ2n) is 5.02. The Morgan fingerprint density at radius 2 is 1.73 bits per heavy atom. The number of hydrogen-bond acceptors (Lipinski definition) is 5. The van der Waals surface area contributed by atoms with Crippen LogP contribution in [0, 0.1) is 11.3 Å². The monoisotopic (exact) mass is 447 g/mol. The van der Waals surface area contributed by atoms with Gasteiger partial charge in [-0.3, -0.25) is 0 Å². The third kappa shape index (κ3) is 4.00. The van der Waals surface area contributed by atoms with Crippen LogP contribution in [0.5, 0.6) is 11.5 Å². The largest absolute Gasteiger partial charge is 0.504 e. The fraction of sp³-hybridized carbons (Fsp3) is 0.0625. The van der Waals surface area contributed by atoms with Crippen LogP contribution in [-0.2, 0) is 16.0 Å². The number of nitrogens with zero attached hydrogens (tertiary/aromatic N) is 1. The Morgan fingerprint density at radius 1 is 1.15 bits per heavy atom. The lowest BCUT2D eigenvalue weighted by Gasteiger charge is -2.08. The van der Waals surface area contributed by atoms with E-state index in [4.69, 9.17) is 5.26 Å². The Hall–Kier alpha value is -2.51. The van der Waals surface area contributed by atoms with Crippen LogP contribution in [0.3, 0.4) is 0 Å². The van der Waals surface area contributed by atoms with Gasteiger partial charge in [0, 0.05) is 0 Å². The lowest BCUT2D eigenvalue weighted by atomic mass is 10.2. The Morgan fingerprint density at radius 3 is 2.19 bits per heavy atom. The maximum atomic E-state index is 12.6. The summed E-state index contributed by atoms with van der Waals surface area (Å²) in [4.78, 5) is -1.23. The van der Waals surface area contributed by atoms with Crippen LogP contribution in [0.25, 0.3) is 6.08 Å². The standard InChI is InChI=1S/C16H9BrF3NO4S/c17-13-6-9(7-14(22)15(13)23)5-12(8-21)26(24,25)11-3-1-10(2-4-11)16(18,19)20/h1-7,22-23H. The third-order valence-corrected chi connectivity index (χ3v) is 5.54. The van der Waals surface area contributed by atoms with E-state index in [9.17, 15) is 31.8 Å². The van der Waals surface area contributed by atoms with Crippen molar-refractivity contribution in [1.29, 1.82) is 5.26 Å². The number of phenols is 2. The van der Waals surface area contributed by atoms with E-state index in [1.165, 1.54) is 12.1 Å². The molecule has 0 aliphatic heterocycles. The number of allylic oxidation sites excluding steroid dienone is 1. The molecule has 5 nitrogen and oxygen atoms in total. The van der Waals surface area contributed by atoms with Crippen molar-refractivity contribution in [2.24, 2.45) is 0 Å². The van der Waals surface area contributed by atoms with E-state index in [0.717, 1.165) is 24.3 Å². The van der Waals surface area contributed by atoms with Gasteiger partial charge in [0.05, 0.1) is 14.9 Å². The highest BCUT2D eigenvalue weighted by atomic mass is 79.9. The van der Waals surface area contributed by atoms with E-state index in [2.05, 4.69) is 15.9 Å². The van der Waals surface area contributed by atoms with Crippen molar-refractivity contribution in [1.82, 2.24) is 0 Å². The zero-order valence-electron chi connectivity index (χ0n) is 12.6. The predicted octanol–water partition coefficient (Wildman–Crippen LogP) is 4.22. The molecule has 26 heavy (non-hydrogen) atoms. The first-order chi connectivity index (χ1) is 12.0. The second kappa shape index (κ2) is 7.01. The summed E-state index contributed by atoms with van der Waals surface area (Å²) >= 11 is 2.95. The van der Waals surface area contributed by atoms with Gasteiger partial charge in [-0.25, -0.2) is 8.42 Å². The third-order valence-electron chi connectivity index (χ3n) is 3.26. The number of halogens is 4. The summed E-state index contributed by atoms with van der Waals surface area (Å²) in [5.41, 5.74) is -0.939. The number of hydrogen-bond donors (Lipinski definition) is 2. The van der Waals surface area contributed by atoms with Gasteiger partial charge in [0.2, 0.25) is 9.84 Å².